The molecular weight excluding hydrogens is 352 g/mol. The number of anilines is 1. The number of hydrogen-bond donors (Lipinski definition) is 1. The van der Waals surface area contributed by atoms with E-state index in [4.69, 9.17) is 4.74 Å². The molecule has 2 aromatic carbocycles. The zero-order valence-electron chi connectivity index (χ0n) is 15.5. The third-order valence-electron chi connectivity index (χ3n) is 4.40. The molecule has 1 amide bonds. The Bertz CT molecular complexity index is 1140. The number of carbonyl (C=O) groups excluding carboxylic acids is 1. The highest BCUT2D eigenvalue weighted by molar-refractivity contribution is 6.06. The summed E-state index contributed by atoms with van der Waals surface area (Å²) in [5, 5.41) is 3.67. The first-order chi connectivity index (χ1) is 13.6. The predicted octanol–water partition coefficient (Wildman–Crippen LogP) is 4.26. The Morgan fingerprint density at radius 2 is 1.75 bits per heavy atom. The molecule has 1 N–H and O–H groups in total. The maximum absolute atomic E-state index is 12.8. The fourth-order valence-corrected chi connectivity index (χ4v) is 2.94. The fraction of sp³-hybridized carbons (Fsp3) is 0.0909. The van der Waals surface area contributed by atoms with Gasteiger partial charge < -0.3 is 10.1 Å². The third kappa shape index (κ3) is 3.53. The molecule has 0 bridgehead atoms. The lowest BCUT2D eigenvalue weighted by molar-refractivity contribution is 0.102. The first-order valence-electron chi connectivity index (χ1n) is 8.78. The molecule has 0 radical (unpaired) electrons. The van der Waals surface area contributed by atoms with Gasteiger partial charge in [0.1, 0.15) is 5.75 Å². The summed E-state index contributed by atoms with van der Waals surface area (Å²) in [6.07, 6.45) is 3.19. The van der Waals surface area contributed by atoms with Gasteiger partial charge in [-0.2, -0.15) is 0 Å². The van der Waals surface area contributed by atoms with E-state index in [1.165, 1.54) is 0 Å². The molecule has 0 unspecified atom stereocenters. The van der Waals surface area contributed by atoms with Crippen LogP contribution in [0.1, 0.15) is 16.1 Å². The fourth-order valence-electron chi connectivity index (χ4n) is 2.94. The van der Waals surface area contributed by atoms with Crippen LogP contribution in [0, 0.1) is 6.92 Å². The number of rotatable bonds is 4. The van der Waals surface area contributed by atoms with Crippen LogP contribution >= 0.6 is 0 Å². The number of fused-ring (bicyclic) bond motifs is 1. The van der Waals surface area contributed by atoms with Crippen molar-refractivity contribution in [2.24, 2.45) is 0 Å². The molecule has 4 rings (SSSR count). The second kappa shape index (κ2) is 7.44. The number of aryl methyl sites for hydroxylation is 1. The number of nitrogens with one attached hydrogen (secondary N) is 1. The smallest absolute Gasteiger partial charge is 0.257 e. The molecule has 0 saturated heterocycles. The van der Waals surface area contributed by atoms with Gasteiger partial charge in [-0.1, -0.05) is 30.3 Å². The molecule has 28 heavy (non-hydrogen) atoms. The Balaban J connectivity index is 1.58. The Kier molecular flexibility index (Phi) is 4.68. The Morgan fingerprint density at radius 3 is 2.46 bits per heavy atom. The number of amides is 1. The van der Waals surface area contributed by atoms with Crippen molar-refractivity contribution in [2.45, 2.75) is 6.92 Å². The third-order valence-corrected chi connectivity index (χ3v) is 4.40. The minimum Gasteiger partial charge on any atom is -0.497 e. The summed E-state index contributed by atoms with van der Waals surface area (Å²) in [5.74, 6) is 1.06. The number of benzene rings is 2. The summed E-state index contributed by atoms with van der Waals surface area (Å²) in [7, 11) is 1.61. The van der Waals surface area contributed by atoms with E-state index in [0.29, 0.717) is 22.8 Å². The molecule has 138 valence electrons. The van der Waals surface area contributed by atoms with Crippen LogP contribution in [0.3, 0.4) is 0 Å². The van der Waals surface area contributed by atoms with Crippen molar-refractivity contribution < 1.29 is 9.53 Å². The van der Waals surface area contributed by atoms with Gasteiger partial charge in [0.05, 0.1) is 42.0 Å². The minimum absolute atomic E-state index is 0.259. The van der Waals surface area contributed by atoms with E-state index in [0.717, 1.165) is 22.2 Å². The quantitative estimate of drug-likeness (QED) is 0.581. The van der Waals surface area contributed by atoms with Crippen molar-refractivity contribution in [3.05, 3.63) is 78.2 Å². The van der Waals surface area contributed by atoms with Gasteiger partial charge in [-0.3, -0.25) is 9.78 Å². The molecule has 0 spiro atoms. The van der Waals surface area contributed by atoms with Gasteiger partial charge in [-0.15, -0.1) is 0 Å². The summed E-state index contributed by atoms with van der Waals surface area (Å²) < 4.78 is 5.25. The van der Waals surface area contributed by atoms with Crippen molar-refractivity contribution >= 4 is 22.5 Å². The van der Waals surface area contributed by atoms with Crippen molar-refractivity contribution in [3.63, 3.8) is 0 Å². The van der Waals surface area contributed by atoms with Gasteiger partial charge in [-0.05, 0) is 31.2 Å². The van der Waals surface area contributed by atoms with Crippen LogP contribution in [0.4, 0.5) is 5.69 Å². The van der Waals surface area contributed by atoms with Crippen LogP contribution in [0.2, 0.25) is 0 Å². The van der Waals surface area contributed by atoms with Crippen LogP contribution in [-0.4, -0.2) is 28.0 Å². The van der Waals surface area contributed by atoms with Crippen LogP contribution < -0.4 is 10.1 Å². The number of ether oxygens (including phenoxy) is 1. The first-order valence-corrected chi connectivity index (χ1v) is 8.78. The average Bonchev–Trinajstić information content (AvgIpc) is 2.74. The monoisotopic (exact) mass is 370 g/mol. The molecule has 4 aromatic rings. The normalized spacial score (nSPS) is 10.6. The summed E-state index contributed by atoms with van der Waals surface area (Å²) in [6.45, 7) is 1.81. The van der Waals surface area contributed by atoms with E-state index >= 15 is 0 Å². The molecule has 6 heteroatoms. The Morgan fingerprint density at radius 1 is 1.00 bits per heavy atom. The average molecular weight is 370 g/mol. The van der Waals surface area contributed by atoms with Gasteiger partial charge in [0.2, 0.25) is 0 Å². The zero-order valence-corrected chi connectivity index (χ0v) is 15.5. The maximum Gasteiger partial charge on any atom is 0.257 e. The van der Waals surface area contributed by atoms with Gasteiger partial charge in [0.25, 0.3) is 5.91 Å². The number of hydrogen-bond acceptors (Lipinski definition) is 5. The van der Waals surface area contributed by atoms with Gasteiger partial charge in [0.15, 0.2) is 5.82 Å². The first kappa shape index (κ1) is 17.6. The predicted molar refractivity (Wildman–Crippen MR) is 108 cm³/mol. The molecular formula is C22H18N4O2. The van der Waals surface area contributed by atoms with Gasteiger partial charge in [0, 0.05) is 10.9 Å². The van der Waals surface area contributed by atoms with Crippen molar-refractivity contribution in [3.8, 4) is 17.1 Å². The molecule has 6 nitrogen and oxygen atoms in total. The van der Waals surface area contributed by atoms with Crippen molar-refractivity contribution in [1.29, 1.82) is 0 Å². The number of nitrogens with zero attached hydrogens (tertiary/aromatic N) is 3. The Labute approximate surface area is 162 Å². The number of carbonyl (C=O) groups is 1. The largest absolute Gasteiger partial charge is 0.497 e. The maximum atomic E-state index is 12.8. The lowest BCUT2D eigenvalue weighted by Crippen LogP contribution is -2.14. The molecule has 0 saturated carbocycles. The number of pyridine rings is 1. The standard InChI is InChI=1S/C22H18N4O2/c1-14-19(11-16-10-18(28-2)8-9-20(16)25-14)22(27)26-17-12-23-21(24-13-17)15-6-4-3-5-7-15/h3-13H,1-2H3,(H,26,27). The van der Waals surface area contributed by atoms with Crippen molar-refractivity contribution in [2.75, 3.05) is 12.4 Å². The molecule has 0 aliphatic carbocycles. The summed E-state index contributed by atoms with van der Waals surface area (Å²) >= 11 is 0. The molecule has 0 atom stereocenters. The molecule has 0 aliphatic heterocycles. The van der Waals surface area contributed by atoms with Crippen LogP contribution in [0.5, 0.6) is 5.75 Å². The highest BCUT2D eigenvalue weighted by Gasteiger charge is 2.13. The second-order valence-electron chi connectivity index (χ2n) is 6.30. The minimum atomic E-state index is -0.259. The highest BCUT2D eigenvalue weighted by atomic mass is 16.5. The van der Waals surface area contributed by atoms with Crippen molar-refractivity contribution in [1.82, 2.24) is 15.0 Å². The van der Waals surface area contributed by atoms with Gasteiger partial charge >= 0.3 is 0 Å². The van der Waals surface area contributed by atoms with E-state index in [1.54, 1.807) is 19.5 Å². The highest BCUT2D eigenvalue weighted by Crippen LogP contribution is 2.23. The SMILES string of the molecule is COc1ccc2nc(C)c(C(=O)Nc3cnc(-c4ccccc4)nc3)cc2c1. The van der Waals surface area contributed by atoms with E-state index in [-0.39, 0.29) is 5.91 Å². The summed E-state index contributed by atoms with van der Waals surface area (Å²) in [5.41, 5.74) is 3.40. The number of methoxy groups -OCH3 is 1. The lowest BCUT2D eigenvalue weighted by atomic mass is 10.1. The molecule has 0 aliphatic rings. The number of aromatic nitrogens is 3. The van der Waals surface area contributed by atoms with Crippen LogP contribution in [-0.2, 0) is 0 Å². The Hall–Kier alpha value is -3.80. The van der Waals surface area contributed by atoms with E-state index in [2.05, 4.69) is 20.3 Å². The lowest BCUT2D eigenvalue weighted by Gasteiger charge is -2.10. The van der Waals surface area contributed by atoms with Crippen LogP contribution in [0.25, 0.3) is 22.3 Å². The van der Waals surface area contributed by atoms with E-state index < -0.39 is 0 Å². The molecule has 0 fully saturated rings. The van der Waals surface area contributed by atoms with E-state index in [9.17, 15) is 4.79 Å². The summed E-state index contributed by atoms with van der Waals surface area (Å²) in [6, 6.07) is 17.1. The summed E-state index contributed by atoms with van der Waals surface area (Å²) in [4.78, 5) is 25.9. The topological polar surface area (TPSA) is 77.0 Å². The zero-order chi connectivity index (χ0) is 19.5. The molecule has 2 aromatic heterocycles. The van der Waals surface area contributed by atoms with E-state index in [1.807, 2.05) is 61.5 Å². The second-order valence-corrected chi connectivity index (χ2v) is 6.30. The molecule has 2 heterocycles. The van der Waals surface area contributed by atoms with Gasteiger partial charge in [-0.25, -0.2) is 9.97 Å². The van der Waals surface area contributed by atoms with Crippen LogP contribution in [0.15, 0.2) is 67.0 Å².